The zero-order chi connectivity index (χ0) is 24.3. The number of fused-ring (bicyclic) bond motifs is 1. The van der Waals surface area contributed by atoms with E-state index in [4.69, 9.17) is 14.0 Å². The highest BCUT2D eigenvalue weighted by Crippen LogP contribution is 2.34. The summed E-state index contributed by atoms with van der Waals surface area (Å²) in [6, 6.07) is 13.0. The number of anilines is 3. The predicted molar refractivity (Wildman–Crippen MR) is 130 cm³/mol. The van der Waals surface area contributed by atoms with Crippen molar-refractivity contribution in [1.82, 2.24) is 15.1 Å². The first-order valence-corrected chi connectivity index (χ1v) is 10.8. The Morgan fingerprint density at radius 2 is 1.71 bits per heavy atom. The first-order chi connectivity index (χ1) is 16.3. The summed E-state index contributed by atoms with van der Waals surface area (Å²) >= 11 is 0. The minimum Gasteiger partial charge on any atom is -0.493 e. The SMILES string of the molecule is COc1cc2ncnc(Nc3ccc(CC(=O)Nc4cc(C(C)(C)C)on4)cc3)c2cc1OC. The second kappa shape index (κ2) is 9.38. The van der Waals surface area contributed by atoms with Gasteiger partial charge < -0.3 is 24.6 Å². The molecule has 2 aromatic carbocycles. The topological polar surface area (TPSA) is 111 Å². The van der Waals surface area contributed by atoms with Crippen molar-refractivity contribution >= 4 is 34.1 Å². The van der Waals surface area contributed by atoms with Crippen molar-refractivity contribution in [3.05, 3.63) is 60.1 Å². The van der Waals surface area contributed by atoms with Gasteiger partial charge in [-0.3, -0.25) is 4.79 Å². The van der Waals surface area contributed by atoms with Crippen LogP contribution >= 0.6 is 0 Å². The molecule has 176 valence electrons. The second-order valence-electron chi connectivity index (χ2n) is 8.82. The van der Waals surface area contributed by atoms with E-state index >= 15 is 0 Å². The highest BCUT2D eigenvalue weighted by molar-refractivity contribution is 5.93. The molecule has 0 spiro atoms. The van der Waals surface area contributed by atoms with E-state index in [2.05, 4.69) is 25.8 Å². The molecule has 2 N–H and O–H groups in total. The molecule has 0 fully saturated rings. The molecule has 0 saturated carbocycles. The number of rotatable bonds is 7. The molecule has 0 saturated heterocycles. The van der Waals surface area contributed by atoms with E-state index in [1.54, 1.807) is 20.3 Å². The Hall–Kier alpha value is -4.14. The van der Waals surface area contributed by atoms with Crippen LogP contribution in [0.5, 0.6) is 11.5 Å². The summed E-state index contributed by atoms with van der Waals surface area (Å²) in [5, 5.41) is 10.8. The Kier molecular flexibility index (Phi) is 6.36. The smallest absolute Gasteiger partial charge is 0.230 e. The maximum absolute atomic E-state index is 12.4. The molecular weight excluding hydrogens is 434 g/mol. The minimum absolute atomic E-state index is 0.169. The van der Waals surface area contributed by atoms with Gasteiger partial charge in [0.15, 0.2) is 17.3 Å². The van der Waals surface area contributed by atoms with Gasteiger partial charge in [0.25, 0.3) is 0 Å². The van der Waals surface area contributed by atoms with E-state index < -0.39 is 0 Å². The molecule has 34 heavy (non-hydrogen) atoms. The molecule has 0 radical (unpaired) electrons. The van der Waals surface area contributed by atoms with Crippen LogP contribution in [0.15, 0.2) is 53.3 Å². The number of carbonyl (C=O) groups is 1. The Bertz CT molecular complexity index is 1310. The largest absolute Gasteiger partial charge is 0.493 e. The van der Waals surface area contributed by atoms with Crippen LogP contribution in [0.4, 0.5) is 17.3 Å². The number of carbonyl (C=O) groups excluding carboxylic acids is 1. The predicted octanol–water partition coefficient (Wildman–Crippen LogP) is 4.86. The molecule has 4 aromatic rings. The zero-order valence-corrected chi connectivity index (χ0v) is 19.8. The van der Waals surface area contributed by atoms with Gasteiger partial charge in [-0.25, -0.2) is 9.97 Å². The quantitative estimate of drug-likeness (QED) is 0.401. The van der Waals surface area contributed by atoms with Gasteiger partial charge in [0.2, 0.25) is 5.91 Å². The summed E-state index contributed by atoms with van der Waals surface area (Å²) in [5.41, 5.74) is 2.24. The van der Waals surface area contributed by atoms with E-state index in [1.807, 2.05) is 57.2 Å². The number of amides is 1. The average Bonchev–Trinajstić information content (AvgIpc) is 3.28. The highest BCUT2D eigenvalue weighted by Gasteiger charge is 2.20. The van der Waals surface area contributed by atoms with Crippen LogP contribution in [0.2, 0.25) is 0 Å². The summed E-state index contributed by atoms with van der Waals surface area (Å²) in [7, 11) is 3.17. The van der Waals surface area contributed by atoms with Crippen LogP contribution < -0.4 is 20.1 Å². The van der Waals surface area contributed by atoms with E-state index in [0.717, 1.165) is 22.2 Å². The third-order valence-corrected chi connectivity index (χ3v) is 5.24. The fourth-order valence-corrected chi connectivity index (χ4v) is 3.39. The number of nitrogens with zero attached hydrogens (tertiary/aromatic N) is 3. The number of hydrogen-bond donors (Lipinski definition) is 2. The van der Waals surface area contributed by atoms with Gasteiger partial charge in [-0.1, -0.05) is 38.1 Å². The van der Waals surface area contributed by atoms with Crippen LogP contribution in [-0.4, -0.2) is 35.3 Å². The molecule has 9 nitrogen and oxygen atoms in total. The summed E-state index contributed by atoms with van der Waals surface area (Å²) < 4.78 is 16.1. The van der Waals surface area contributed by atoms with E-state index in [1.165, 1.54) is 6.33 Å². The van der Waals surface area contributed by atoms with Gasteiger partial charge in [-0.05, 0) is 23.8 Å². The summed E-state index contributed by atoms with van der Waals surface area (Å²) in [5.74, 6) is 2.79. The molecule has 4 rings (SSSR count). The Morgan fingerprint density at radius 1 is 1.00 bits per heavy atom. The van der Waals surface area contributed by atoms with Crippen LogP contribution in [0.25, 0.3) is 10.9 Å². The minimum atomic E-state index is -0.176. The first kappa shape index (κ1) is 23.0. The van der Waals surface area contributed by atoms with Crippen molar-refractivity contribution in [2.24, 2.45) is 0 Å². The van der Waals surface area contributed by atoms with E-state index in [9.17, 15) is 4.79 Å². The number of aromatic nitrogens is 3. The highest BCUT2D eigenvalue weighted by atomic mass is 16.5. The standard InChI is InChI=1S/C25H27N5O4/c1-25(2,3)21-13-22(30-34-21)29-23(31)10-15-6-8-16(9-7-15)28-24-17-11-19(32-4)20(33-5)12-18(17)26-14-27-24/h6-9,11-14H,10H2,1-5H3,(H,26,27,28)(H,29,30,31). The van der Waals surface area contributed by atoms with E-state index in [-0.39, 0.29) is 17.7 Å². The second-order valence-corrected chi connectivity index (χ2v) is 8.82. The molecule has 0 aliphatic carbocycles. The molecule has 2 aromatic heterocycles. The fourth-order valence-electron chi connectivity index (χ4n) is 3.39. The van der Waals surface area contributed by atoms with Crippen LogP contribution in [0.3, 0.4) is 0 Å². The van der Waals surface area contributed by atoms with Gasteiger partial charge in [-0.2, -0.15) is 0 Å². The monoisotopic (exact) mass is 461 g/mol. The number of ether oxygens (including phenoxy) is 2. The molecule has 0 unspecified atom stereocenters. The lowest BCUT2D eigenvalue weighted by Crippen LogP contribution is -2.14. The maximum atomic E-state index is 12.4. The van der Waals surface area contributed by atoms with Crippen molar-refractivity contribution in [2.45, 2.75) is 32.6 Å². The molecule has 0 bridgehead atoms. The number of hydrogen-bond acceptors (Lipinski definition) is 8. The molecule has 0 aliphatic heterocycles. The summed E-state index contributed by atoms with van der Waals surface area (Å²) in [6.07, 6.45) is 1.70. The molecule has 9 heteroatoms. The van der Waals surface area contributed by atoms with Gasteiger partial charge in [-0.15, -0.1) is 0 Å². The molecule has 2 heterocycles. The number of benzene rings is 2. The lowest BCUT2D eigenvalue weighted by Gasteiger charge is -2.12. The van der Waals surface area contributed by atoms with Crippen LogP contribution in [0.1, 0.15) is 32.1 Å². The van der Waals surface area contributed by atoms with Crippen molar-refractivity contribution < 1.29 is 18.8 Å². The van der Waals surface area contributed by atoms with Gasteiger partial charge in [0, 0.05) is 28.6 Å². The summed E-state index contributed by atoms with van der Waals surface area (Å²) in [6.45, 7) is 6.06. The lowest BCUT2D eigenvalue weighted by atomic mass is 9.93. The Balaban J connectivity index is 1.44. The van der Waals surface area contributed by atoms with Crippen molar-refractivity contribution in [2.75, 3.05) is 24.9 Å². The van der Waals surface area contributed by atoms with E-state index in [0.29, 0.717) is 28.9 Å². The molecule has 1 amide bonds. The lowest BCUT2D eigenvalue weighted by molar-refractivity contribution is -0.115. The molecule has 0 aliphatic rings. The number of methoxy groups -OCH3 is 2. The maximum Gasteiger partial charge on any atom is 0.230 e. The van der Waals surface area contributed by atoms with Gasteiger partial charge >= 0.3 is 0 Å². The normalized spacial score (nSPS) is 11.3. The fraction of sp³-hybridized carbons (Fsp3) is 0.280. The average molecular weight is 462 g/mol. The third kappa shape index (κ3) is 5.09. The van der Waals surface area contributed by atoms with Gasteiger partial charge in [0.1, 0.15) is 17.9 Å². The zero-order valence-electron chi connectivity index (χ0n) is 19.8. The third-order valence-electron chi connectivity index (χ3n) is 5.24. The first-order valence-electron chi connectivity index (χ1n) is 10.8. The number of nitrogens with one attached hydrogen (secondary N) is 2. The van der Waals surface area contributed by atoms with Crippen LogP contribution in [0, 0.1) is 0 Å². The van der Waals surface area contributed by atoms with Crippen molar-refractivity contribution in [3.63, 3.8) is 0 Å². The Morgan fingerprint density at radius 3 is 2.35 bits per heavy atom. The van der Waals surface area contributed by atoms with Crippen LogP contribution in [-0.2, 0) is 16.6 Å². The molecular formula is C25H27N5O4. The van der Waals surface area contributed by atoms with Gasteiger partial charge in [0.05, 0.1) is 26.2 Å². The molecule has 0 atom stereocenters. The Labute approximate surface area is 197 Å². The van der Waals surface area contributed by atoms with Crippen molar-refractivity contribution in [3.8, 4) is 11.5 Å². The van der Waals surface area contributed by atoms with Crippen molar-refractivity contribution in [1.29, 1.82) is 0 Å². The summed E-state index contributed by atoms with van der Waals surface area (Å²) in [4.78, 5) is 21.1.